The number of piperidine rings is 1. The Morgan fingerprint density at radius 3 is 2.09 bits per heavy atom. The molecule has 1 saturated heterocycles. The summed E-state index contributed by atoms with van der Waals surface area (Å²) >= 11 is 6.24. The third kappa shape index (κ3) is 8.87. The minimum Gasteiger partial charge on any atom is -0.423 e. The van der Waals surface area contributed by atoms with Gasteiger partial charge in [0.25, 0.3) is 0 Å². The van der Waals surface area contributed by atoms with Crippen molar-refractivity contribution >= 4 is 17.5 Å². The molecule has 2 unspecified atom stereocenters. The van der Waals surface area contributed by atoms with Crippen molar-refractivity contribution in [2.75, 3.05) is 45.7 Å². The molecular formula is C41H53ClN4O. The largest absolute Gasteiger partial charge is 0.423 e. The van der Waals surface area contributed by atoms with Gasteiger partial charge in [-0.3, -0.25) is 4.90 Å². The van der Waals surface area contributed by atoms with Crippen LogP contribution >= 0.6 is 11.6 Å². The average molecular weight is 653 g/mol. The molecule has 0 N–H and O–H groups in total. The molecule has 47 heavy (non-hydrogen) atoms. The van der Waals surface area contributed by atoms with Gasteiger partial charge in [-0.1, -0.05) is 104 Å². The first kappa shape index (κ1) is 33.8. The van der Waals surface area contributed by atoms with E-state index in [0.29, 0.717) is 17.9 Å². The van der Waals surface area contributed by atoms with Gasteiger partial charge in [0, 0.05) is 31.1 Å². The molecule has 6 rings (SSSR count). The summed E-state index contributed by atoms with van der Waals surface area (Å²) in [5, 5.41) is 0.808. The first-order valence-corrected chi connectivity index (χ1v) is 18.3. The standard InChI is InChI=1S/C41H53ClN4O/c1-44(2)39(35-21-23-36(42)24-22-35)34-19-17-33(18-20-34)30-38(46-26-11-6-12-27-46)40-43-37(29-32-15-9-5-10-16-32)41(47-40)45(3)28-25-31-13-7-4-8-14-31/h4-5,7-10,13-16,21-24,33-34,38-39H,6,11-12,17-20,25-30H2,1-3H3. The van der Waals surface area contributed by atoms with Gasteiger partial charge >= 0.3 is 0 Å². The Hall–Kier alpha value is -3.12. The minimum atomic E-state index is 0.226. The second kappa shape index (κ2) is 16.3. The van der Waals surface area contributed by atoms with Crippen LogP contribution in [0.4, 0.5) is 5.88 Å². The fourth-order valence-electron chi connectivity index (χ4n) is 8.09. The molecule has 0 amide bonds. The van der Waals surface area contributed by atoms with E-state index >= 15 is 0 Å². The lowest BCUT2D eigenvalue weighted by molar-refractivity contribution is 0.0944. The van der Waals surface area contributed by atoms with E-state index in [0.717, 1.165) is 61.4 Å². The Kier molecular flexibility index (Phi) is 11.7. The van der Waals surface area contributed by atoms with Crippen molar-refractivity contribution in [3.05, 3.63) is 118 Å². The van der Waals surface area contributed by atoms with Crippen LogP contribution in [0.1, 0.15) is 91.7 Å². The van der Waals surface area contributed by atoms with Gasteiger partial charge in [-0.05, 0) is 106 Å². The molecule has 0 bridgehead atoms. The third-order valence-corrected chi connectivity index (χ3v) is 10.9. The molecule has 2 heterocycles. The summed E-state index contributed by atoms with van der Waals surface area (Å²) in [5.74, 6) is 3.19. The summed E-state index contributed by atoms with van der Waals surface area (Å²) in [7, 11) is 6.62. The fourth-order valence-corrected chi connectivity index (χ4v) is 8.22. The van der Waals surface area contributed by atoms with E-state index in [-0.39, 0.29) is 6.04 Å². The summed E-state index contributed by atoms with van der Waals surface area (Å²) < 4.78 is 6.91. The van der Waals surface area contributed by atoms with E-state index in [2.05, 4.69) is 109 Å². The van der Waals surface area contributed by atoms with Crippen LogP contribution in [-0.2, 0) is 12.8 Å². The molecule has 0 radical (unpaired) electrons. The number of hydrogen-bond acceptors (Lipinski definition) is 5. The molecule has 250 valence electrons. The van der Waals surface area contributed by atoms with Crippen LogP contribution < -0.4 is 4.90 Å². The van der Waals surface area contributed by atoms with Crippen LogP contribution in [0.3, 0.4) is 0 Å². The number of aromatic nitrogens is 1. The molecule has 2 atom stereocenters. The molecule has 3 aromatic carbocycles. The number of anilines is 1. The fraction of sp³-hybridized carbons (Fsp3) is 0.488. The number of likely N-dealkylation sites (N-methyl/N-ethyl adjacent to an activating group) is 1. The van der Waals surface area contributed by atoms with Gasteiger partial charge in [-0.25, -0.2) is 4.98 Å². The number of oxazole rings is 1. The number of hydrogen-bond donors (Lipinski definition) is 0. The molecule has 1 aliphatic carbocycles. The highest BCUT2D eigenvalue weighted by Crippen LogP contribution is 2.43. The van der Waals surface area contributed by atoms with Gasteiger partial charge in [0.1, 0.15) is 5.69 Å². The van der Waals surface area contributed by atoms with Gasteiger partial charge in [-0.2, -0.15) is 0 Å². The van der Waals surface area contributed by atoms with E-state index in [1.54, 1.807) is 0 Å². The minimum absolute atomic E-state index is 0.226. The normalized spacial score (nSPS) is 20.3. The van der Waals surface area contributed by atoms with Gasteiger partial charge < -0.3 is 14.2 Å². The van der Waals surface area contributed by atoms with Crippen LogP contribution in [0, 0.1) is 11.8 Å². The van der Waals surface area contributed by atoms with Crippen molar-refractivity contribution in [1.29, 1.82) is 0 Å². The molecule has 2 fully saturated rings. The zero-order chi connectivity index (χ0) is 32.6. The summed E-state index contributed by atoms with van der Waals surface area (Å²) in [6.45, 7) is 3.16. The molecule has 1 aromatic heterocycles. The maximum absolute atomic E-state index is 6.91. The monoisotopic (exact) mass is 652 g/mol. The molecule has 6 heteroatoms. The Balaban J connectivity index is 1.21. The van der Waals surface area contributed by atoms with E-state index < -0.39 is 0 Å². The summed E-state index contributed by atoms with van der Waals surface area (Å²) in [6.07, 6.45) is 11.7. The van der Waals surface area contributed by atoms with Gasteiger partial charge in [-0.15, -0.1) is 0 Å². The highest BCUT2D eigenvalue weighted by molar-refractivity contribution is 6.30. The zero-order valence-electron chi connectivity index (χ0n) is 28.7. The van der Waals surface area contributed by atoms with E-state index in [1.807, 2.05) is 12.1 Å². The number of rotatable bonds is 13. The summed E-state index contributed by atoms with van der Waals surface area (Å²) in [4.78, 5) is 12.8. The number of likely N-dealkylation sites (tertiary alicyclic amines) is 1. The zero-order valence-corrected chi connectivity index (χ0v) is 29.4. The van der Waals surface area contributed by atoms with Crippen LogP contribution in [0.5, 0.6) is 0 Å². The van der Waals surface area contributed by atoms with E-state index in [9.17, 15) is 0 Å². The van der Waals surface area contributed by atoms with Crippen LogP contribution in [-0.4, -0.2) is 55.6 Å². The van der Waals surface area contributed by atoms with Gasteiger partial charge in [0.15, 0.2) is 0 Å². The van der Waals surface area contributed by atoms with Crippen LogP contribution in [0.2, 0.25) is 5.02 Å². The summed E-state index contributed by atoms with van der Waals surface area (Å²) in [6, 6.07) is 30.6. The molecule has 1 aliphatic heterocycles. The Labute approximate surface area is 287 Å². The van der Waals surface area contributed by atoms with Crippen molar-refractivity contribution in [2.45, 2.75) is 76.3 Å². The topological polar surface area (TPSA) is 35.8 Å². The predicted octanol–water partition coefficient (Wildman–Crippen LogP) is 9.62. The molecule has 1 saturated carbocycles. The van der Waals surface area contributed by atoms with Crippen molar-refractivity contribution in [2.24, 2.45) is 11.8 Å². The van der Waals surface area contributed by atoms with Crippen molar-refractivity contribution in [3.63, 3.8) is 0 Å². The summed E-state index contributed by atoms with van der Waals surface area (Å²) in [5.41, 5.74) is 5.06. The number of nitrogens with zero attached hydrogens (tertiary/aromatic N) is 4. The van der Waals surface area contributed by atoms with E-state index in [1.165, 1.54) is 61.6 Å². The second-order valence-electron chi connectivity index (χ2n) is 14.2. The van der Waals surface area contributed by atoms with Crippen LogP contribution in [0.25, 0.3) is 0 Å². The maximum Gasteiger partial charge on any atom is 0.219 e. The molecule has 5 nitrogen and oxygen atoms in total. The third-order valence-electron chi connectivity index (χ3n) is 10.6. The maximum atomic E-state index is 6.91. The van der Waals surface area contributed by atoms with Crippen molar-refractivity contribution in [1.82, 2.24) is 14.8 Å². The first-order chi connectivity index (χ1) is 22.9. The number of halogens is 1. The highest BCUT2D eigenvalue weighted by atomic mass is 35.5. The molecule has 2 aliphatic rings. The van der Waals surface area contributed by atoms with Crippen molar-refractivity contribution < 1.29 is 4.42 Å². The lowest BCUT2D eigenvalue weighted by Crippen LogP contribution is -2.36. The lowest BCUT2D eigenvalue weighted by Gasteiger charge is -2.40. The van der Waals surface area contributed by atoms with Crippen LogP contribution in [0.15, 0.2) is 89.3 Å². The van der Waals surface area contributed by atoms with Crippen molar-refractivity contribution in [3.8, 4) is 0 Å². The Morgan fingerprint density at radius 1 is 0.809 bits per heavy atom. The van der Waals surface area contributed by atoms with Gasteiger partial charge in [0.2, 0.25) is 11.8 Å². The van der Waals surface area contributed by atoms with E-state index in [4.69, 9.17) is 21.0 Å². The Bertz CT molecular complexity index is 1490. The molecular weight excluding hydrogens is 600 g/mol. The predicted molar refractivity (Wildman–Crippen MR) is 195 cm³/mol. The highest BCUT2D eigenvalue weighted by Gasteiger charge is 2.35. The lowest BCUT2D eigenvalue weighted by atomic mass is 9.74. The second-order valence-corrected chi connectivity index (χ2v) is 14.6. The average Bonchev–Trinajstić information content (AvgIpc) is 3.52. The van der Waals surface area contributed by atoms with Gasteiger partial charge in [0.05, 0.1) is 6.04 Å². The first-order valence-electron chi connectivity index (χ1n) is 17.9. The smallest absolute Gasteiger partial charge is 0.219 e. The quantitative estimate of drug-likeness (QED) is 0.144. The Morgan fingerprint density at radius 2 is 1.45 bits per heavy atom. The SMILES string of the molecule is CN(CCc1ccccc1)c1oc(C(CC2CCC(C(c3ccc(Cl)cc3)N(C)C)CC2)N2CCCCC2)nc1Cc1ccccc1. The number of benzene rings is 3. The molecule has 4 aromatic rings. The molecule has 0 spiro atoms.